The lowest BCUT2D eigenvalue weighted by Gasteiger charge is -2.28. The number of fused-ring (bicyclic) bond motifs is 2. The Morgan fingerprint density at radius 2 is 1.83 bits per heavy atom. The molecule has 4 heterocycles. The van der Waals surface area contributed by atoms with Gasteiger partial charge in [-0.25, -0.2) is 9.97 Å². The van der Waals surface area contributed by atoms with Crippen LogP contribution in [0.1, 0.15) is 28.3 Å². The number of hydrogen-bond acceptors (Lipinski definition) is 8. The SMILES string of the molecule is O=C(Cc1nnc(-c2cnc(NC3Cc4ccccc4C3)nc2)o1)N1CCc2[nH]c(=O)ccc2C1. The zero-order chi connectivity index (χ0) is 23.8. The smallest absolute Gasteiger partial charge is 0.250 e. The van der Waals surface area contributed by atoms with Crippen molar-refractivity contribution in [1.82, 2.24) is 30.0 Å². The molecular formula is C25H23N7O3. The van der Waals surface area contributed by atoms with E-state index in [0.717, 1.165) is 24.1 Å². The number of H-pyrrole nitrogens is 1. The van der Waals surface area contributed by atoms with Crippen molar-refractivity contribution in [3.63, 3.8) is 0 Å². The number of amides is 1. The molecule has 0 atom stereocenters. The Morgan fingerprint density at radius 1 is 1.06 bits per heavy atom. The summed E-state index contributed by atoms with van der Waals surface area (Å²) in [6.07, 6.45) is 5.79. The first-order chi connectivity index (χ1) is 17.1. The first kappa shape index (κ1) is 21.2. The highest BCUT2D eigenvalue weighted by atomic mass is 16.4. The molecule has 10 nitrogen and oxygen atoms in total. The Bertz CT molecular complexity index is 1420. The average Bonchev–Trinajstić information content (AvgIpc) is 3.50. The highest BCUT2D eigenvalue weighted by Crippen LogP contribution is 2.24. The highest BCUT2D eigenvalue weighted by Gasteiger charge is 2.24. The van der Waals surface area contributed by atoms with Gasteiger partial charge in [0.2, 0.25) is 23.3 Å². The van der Waals surface area contributed by atoms with Gasteiger partial charge in [0.05, 0.1) is 5.56 Å². The molecule has 1 aliphatic carbocycles. The van der Waals surface area contributed by atoms with Crippen LogP contribution >= 0.6 is 0 Å². The van der Waals surface area contributed by atoms with Gasteiger partial charge in [-0.15, -0.1) is 10.2 Å². The summed E-state index contributed by atoms with van der Waals surface area (Å²) in [7, 11) is 0. The predicted molar refractivity (Wildman–Crippen MR) is 126 cm³/mol. The van der Waals surface area contributed by atoms with Crippen LogP contribution in [0.4, 0.5) is 5.95 Å². The molecule has 0 saturated heterocycles. The van der Waals surface area contributed by atoms with Gasteiger partial charge in [0, 0.05) is 49.7 Å². The second-order valence-electron chi connectivity index (χ2n) is 8.88. The van der Waals surface area contributed by atoms with Gasteiger partial charge in [0.15, 0.2) is 0 Å². The molecule has 1 aromatic carbocycles. The maximum atomic E-state index is 12.8. The van der Waals surface area contributed by atoms with E-state index in [0.29, 0.717) is 31.0 Å². The third-order valence-electron chi connectivity index (χ3n) is 6.50. The molecule has 2 N–H and O–H groups in total. The van der Waals surface area contributed by atoms with Crippen molar-refractivity contribution in [2.24, 2.45) is 0 Å². The summed E-state index contributed by atoms with van der Waals surface area (Å²) in [5, 5.41) is 11.5. The van der Waals surface area contributed by atoms with E-state index in [4.69, 9.17) is 4.42 Å². The van der Waals surface area contributed by atoms with Crippen LogP contribution in [0.25, 0.3) is 11.5 Å². The molecule has 6 rings (SSSR count). The largest absolute Gasteiger partial charge is 0.420 e. The van der Waals surface area contributed by atoms with E-state index < -0.39 is 0 Å². The third-order valence-corrected chi connectivity index (χ3v) is 6.50. The predicted octanol–water partition coefficient (Wildman–Crippen LogP) is 1.92. The van der Waals surface area contributed by atoms with Crippen molar-refractivity contribution in [3.8, 4) is 11.5 Å². The van der Waals surface area contributed by atoms with Crippen LogP contribution in [-0.4, -0.2) is 48.5 Å². The number of aromatic amines is 1. The van der Waals surface area contributed by atoms with Crippen molar-refractivity contribution in [3.05, 3.63) is 87.4 Å². The molecule has 0 saturated carbocycles. The number of aromatic nitrogens is 5. The summed E-state index contributed by atoms with van der Waals surface area (Å²) in [6.45, 7) is 0.974. The lowest BCUT2D eigenvalue weighted by atomic mass is 10.1. The van der Waals surface area contributed by atoms with Crippen LogP contribution in [-0.2, 0) is 37.0 Å². The molecule has 1 amide bonds. The second kappa shape index (κ2) is 8.79. The highest BCUT2D eigenvalue weighted by molar-refractivity contribution is 5.78. The van der Waals surface area contributed by atoms with Gasteiger partial charge in [-0.2, -0.15) is 0 Å². The Labute approximate surface area is 200 Å². The summed E-state index contributed by atoms with van der Waals surface area (Å²) in [5.74, 6) is 0.955. The minimum Gasteiger partial charge on any atom is -0.420 e. The molecule has 0 bridgehead atoms. The Balaban J connectivity index is 1.07. The molecule has 10 heteroatoms. The van der Waals surface area contributed by atoms with E-state index in [1.54, 1.807) is 23.4 Å². The van der Waals surface area contributed by atoms with Crippen LogP contribution in [0.5, 0.6) is 0 Å². The number of rotatable bonds is 5. The molecule has 0 spiro atoms. The van der Waals surface area contributed by atoms with Gasteiger partial charge in [0.25, 0.3) is 5.89 Å². The van der Waals surface area contributed by atoms with E-state index in [9.17, 15) is 9.59 Å². The van der Waals surface area contributed by atoms with Gasteiger partial charge in [-0.1, -0.05) is 30.3 Å². The molecular weight excluding hydrogens is 446 g/mol. The molecule has 0 radical (unpaired) electrons. The number of carbonyl (C=O) groups excluding carboxylic acids is 1. The van der Waals surface area contributed by atoms with E-state index in [1.807, 2.05) is 0 Å². The number of pyridine rings is 1. The maximum absolute atomic E-state index is 12.8. The van der Waals surface area contributed by atoms with Crippen LogP contribution in [0, 0.1) is 0 Å². The minimum absolute atomic E-state index is 0.00836. The van der Waals surface area contributed by atoms with Crippen LogP contribution in [0.15, 0.2) is 58.0 Å². The normalized spacial score (nSPS) is 15.0. The Kier molecular flexibility index (Phi) is 5.32. The topological polar surface area (TPSA) is 130 Å². The van der Waals surface area contributed by atoms with Gasteiger partial charge < -0.3 is 19.6 Å². The lowest BCUT2D eigenvalue weighted by molar-refractivity contribution is -0.131. The lowest BCUT2D eigenvalue weighted by Crippen LogP contribution is -2.38. The van der Waals surface area contributed by atoms with Crippen LogP contribution in [0.3, 0.4) is 0 Å². The first-order valence-corrected chi connectivity index (χ1v) is 11.6. The molecule has 0 fully saturated rings. The minimum atomic E-state index is -0.126. The molecule has 35 heavy (non-hydrogen) atoms. The Hall–Kier alpha value is -4.34. The fourth-order valence-electron chi connectivity index (χ4n) is 4.70. The van der Waals surface area contributed by atoms with Crippen molar-refractivity contribution >= 4 is 11.9 Å². The molecule has 2 aliphatic rings. The number of nitrogens with one attached hydrogen (secondary N) is 2. The molecule has 3 aromatic heterocycles. The van der Waals surface area contributed by atoms with Gasteiger partial charge in [-0.3, -0.25) is 9.59 Å². The number of benzene rings is 1. The standard InChI is InChI=1S/C25H23N7O3/c33-21-6-5-17-14-32(8-7-20(17)29-21)23(34)11-22-30-31-24(35-22)18-12-26-25(27-13-18)28-19-9-15-3-1-2-4-16(15)10-19/h1-6,12-13,19H,7-11,14H2,(H,29,33)(H,26,27,28). The Morgan fingerprint density at radius 3 is 2.60 bits per heavy atom. The zero-order valence-corrected chi connectivity index (χ0v) is 18.9. The average molecular weight is 470 g/mol. The molecule has 4 aromatic rings. The molecule has 176 valence electrons. The van der Waals surface area contributed by atoms with Crippen molar-refractivity contribution in [2.45, 2.75) is 38.3 Å². The number of hydrogen-bond donors (Lipinski definition) is 2. The monoisotopic (exact) mass is 469 g/mol. The second-order valence-corrected chi connectivity index (χ2v) is 8.88. The third kappa shape index (κ3) is 4.42. The zero-order valence-electron chi connectivity index (χ0n) is 18.9. The number of carbonyl (C=O) groups is 1. The van der Waals surface area contributed by atoms with E-state index in [-0.39, 0.29) is 35.7 Å². The number of anilines is 1. The van der Waals surface area contributed by atoms with Crippen molar-refractivity contribution < 1.29 is 9.21 Å². The van der Waals surface area contributed by atoms with E-state index in [1.165, 1.54) is 17.2 Å². The van der Waals surface area contributed by atoms with Gasteiger partial charge >= 0.3 is 0 Å². The van der Waals surface area contributed by atoms with E-state index in [2.05, 4.69) is 54.7 Å². The van der Waals surface area contributed by atoms with Crippen LogP contribution < -0.4 is 10.9 Å². The van der Waals surface area contributed by atoms with Crippen LogP contribution in [0.2, 0.25) is 0 Å². The summed E-state index contributed by atoms with van der Waals surface area (Å²) >= 11 is 0. The fraction of sp³-hybridized carbons (Fsp3) is 0.280. The number of nitrogens with zero attached hydrogens (tertiary/aromatic N) is 5. The van der Waals surface area contributed by atoms with Gasteiger partial charge in [-0.05, 0) is 29.5 Å². The summed E-state index contributed by atoms with van der Waals surface area (Å²) in [6, 6.07) is 12.0. The first-order valence-electron chi connectivity index (χ1n) is 11.6. The molecule has 0 unspecified atom stereocenters. The van der Waals surface area contributed by atoms with Gasteiger partial charge in [0.1, 0.15) is 6.42 Å². The van der Waals surface area contributed by atoms with E-state index >= 15 is 0 Å². The summed E-state index contributed by atoms with van der Waals surface area (Å²) in [4.78, 5) is 37.6. The molecule has 1 aliphatic heterocycles. The summed E-state index contributed by atoms with van der Waals surface area (Å²) in [5.41, 5.74) is 5.02. The van der Waals surface area contributed by atoms with Crippen molar-refractivity contribution in [1.29, 1.82) is 0 Å². The quantitative estimate of drug-likeness (QED) is 0.453. The maximum Gasteiger partial charge on any atom is 0.250 e. The van der Waals surface area contributed by atoms with Crippen molar-refractivity contribution in [2.75, 3.05) is 11.9 Å². The summed E-state index contributed by atoms with van der Waals surface area (Å²) < 4.78 is 5.71. The fourth-order valence-corrected chi connectivity index (χ4v) is 4.70.